The Labute approximate surface area is 145 Å². The lowest BCUT2D eigenvalue weighted by molar-refractivity contribution is 0.0945. The van der Waals surface area contributed by atoms with E-state index < -0.39 is 0 Å². The first-order valence-electron chi connectivity index (χ1n) is 8.43. The van der Waals surface area contributed by atoms with Crippen molar-refractivity contribution in [3.63, 3.8) is 0 Å². The number of methoxy groups -OCH3 is 1. The molecule has 25 heavy (non-hydrogen) atoms. The third kappa shape index (κ3) is 3.73. The molecule has 1 aliphatic rings. The smallest absolute Gasteiger partial charge is 0.257 e. The van der Waals surface area contributed by atoms with Crippen molar-refractivity contribution < 1.29 is 13.9 Å². The molecule has 0 unspecified atom stereocenters. The van der Waals surface area contributed by atoms with Crippen LogP contribution in [0.4, 0.5) is 4.39 Å². The van der Waals surface area contributed by atoms with Crippen LogP contribution in [0, 0.1) is 5.82 Å². The summed E-state index contributed by atoms with van der Waals surface area (Å²) in [5, 5.41) is 2.84. The van der Waals surface area contributed by atoms with Crippen LogP contribution in [0.3, 0.4) is 0 Å². The van der Waals surface area contributed by atoms with E-state index in [1.807, 2.05) is 0 Å². The van der Waals surface area contributed by atoms with Gasteiger partial charge in [-0.2, -0.15) is 0 Å². The van der Waals surface area contributed by atoms with Gasteiger partial charge in [-0.05, 0) is 37.0 Å². The number of fused-ring (bicyclic) bond motifs is 1. The van der Waals surface area contributed by atoms with Gasteiger partial charge in [-0.25, -0.2) is 4.39 Å². The van der Waals surface area contributed by atoms with Crippen LogP contribution in [0.15, 0.2) is 35.1 Å². The lowest BCUT2D eigenvalue weighted by atomic mass is 10.1. The summed E-state index contributed by atoms with van der Waals surface area (Å²) in [5.74, 6) is -0.300. The quantitative estimate of drug-likeness (QED) is 0.928. The minimum absolute atomic E-state index is 0.135. The zero-order chi connectivity index (χ0) is 17.8. The number of nitrogens with zero attached hydrogens (tertiary/aromatic N) is 1. The molecule has 2 aromatic rings. The number of rotatable bonds is 4. The number of benzene rings is 1. The molecule has 0 fully saturated rings. The van der Waals surface area contributed by atoms with Gasteiger partial charge in [0.1, 0.15) is 17.1 Å². The highest BCUT2D eigenvalue weighted by atomic mass is 19.1. The Morgan fingerprint density at radius 3 is 2.72 bits per heavy atom. The van der Waals surface area contributed by atoms with Gasteiger partial charge in [0, 0.05) is 24.8 Å². The van der Waals surface area contributed by atoms with E-state index in [1.165, 1.54) is 25.3 Å². The summed E-state index contributed by atoms with van der Waals surface area (Å²) in [4.78, 5) is 25.1. The summed E-state index contributed by atoms with van der Waals surface area (Å²) in [5.41, 5.74) is 1.82. The average Bonchev–Trinajstić information content (AvgIpc) is 2.87. The largest absolute Gasteiger partial charge is 0.496 e. The molecule has 0 saturated carbocycles. The Balaban J connectivity index is 1.90. The molecular formula is C19H21FN2O3. The fourth-order valence-electron chi connectivity index (χ4n) is 3.19. The number of aromatic nitrogens is 1. The molecule has 1 aromatic heterocycles. The molecule has 0 aliphatic carbocycles. The van der Waals surface area contributed by atoms with Crippen LogP contribution in [-0.2, 0) is 19.5 Å². The van der Waals surface area contributed by atoms with Gasteiger partial charge in [0.05, 0.1) is 7.11 Å². The summed E-state index contributed by atoms with van der Waals surface area (Å²) in [6.45, 7) is 0.900. The number of hydrogen-bond acceptors (Lipinski definition) is 3. The average molecular weight is 344 g/mol. The molecule has 2 heterocycles. The summed E-state index contributed by atoms with van der Waals surface area (Å²) < 4.78 is 20.0. The van der Waals surface area contributed by atoms with Gasteiger partial charge in [-0.3, -0.25) is 9.59 Å². The van der Waals surface area contributed by atoms with Crippen LogP contribution in [0.25, 0.3) is 0 Å². The third-order valence-corrected chi connectivity index (χ3v) is 4.49. The first-order valence-corrected chi connectivity index (χ1v) is 8.43. The number of ether oxygens (including phenoxy) is 1. The van der Waals surface area contributed by atoms with Crippen molar-refractivity contribution in [1.82, 2.24) is 9.88 Å². The highest BCUT2D eigenvalue weighted by molar-refractivity contribution is 5.98. The predicted octanol–water partition coefficient (Wildman–Crippen LogP) is 2.65. The fourth-order valence-corrected chi connectivity index (χ4v) is 3.19. The molecule has 1 N–H and O–H groups in total. The molecule has 0 saturated heterocycles. The van der Waals surface area contributed by atoms with Gasteiger partial charge in [-0.15, -0.1) is 0 Å². The number of carbonyl (C=O) groups excluding carboxylic acids is 1. The van der Waals surface area contributed by atoms with Crippen LogP contribution < -0.4 is 15.6 Å². The van der Waals surface area contributed by atoms with E-state index >= 15 is 0 Å². The van der Waals surface area contributed by atoms with Crippen molar-refractivity contribution in [2.75, 3.05) is 7.11 Å². The van der Waals surface area contributed by atoms with Crippen LogP contribution in [-0.4, -0.2) is 17.6 Å². The number of halogens is 1. The van der Waals surface area contributed by atoms with E-state index in [2.05, 4.69) is 5.32 Å². The van der Waals surface area contributed by atoms with Crippen LogP contribution in [0.2, 0.25) is 0 Å². The molecule has 1 aromatic carbocycles. The molecule has 0 atom stereocenters. The second-order valence-corrected chi connectivity index (χ2v) is 6.14. The Morgan fingerprint density at radius 1 is 1.24 bits per heavy atom. The molecule has 1 aliphatic heterocycles. The molecule has 6 heteroatoms. The SMILES string of the molecule is COc1cc(=O)n2c(c1C(=O)NCc1ccc(F)cc1)CCCCC2. The normalized spacial score (nSPS) is 13.7. The fraction of sp³-hybridized carbons (Fsp3) is 0.368. The van der Waals surface area contributed by atoms with Crippen molar-refractivity contribution in [2.45, 2.75) is 38.8 Å². The predicted molar refractivity (Wildman–Crippen MR) is 92.4 cm³/mol. The molecule has 0 bridgehead atoms. The van der Waals surface area contributed by atoms with E-state index in [9.17, 15) is 14.0 Å². The molecule has 0 spiro atoms. The molecule has 3 rings (SSSR count). The van der Waals surface area contributed by atoms with Crippen LogP contribution >= 0.6 is 0 Å². The highest BCUT2D eigenvalue weighted by Crippen LogP contribution is 2.24. The monoisotopic (exact) mass is 344 g/mol. The molecule has 132 valence electrons. The standard InChI is InChI=1S/C19H21FN2O3/c1-25-16-11-17(23)22-10-4-2-3-5-15(22)18(16)19(24)21-12-13-6-8-14(20)9-7-13/h6-9,11H,2-5,10,12H2,1H3,(H,21,24). The number of nitrogens with one attached hydrogen (secondary N) is 1. The summed E-state index contributed by atoms with van der Waals surface area (Å²) in [6, 6.07) is 7.35. The van der Waals surface area contributed by atoms with Crippen molar-refractivity contribution in [1.29, 1.82) is 0 Å². The minimum Gasteiger partial charge on any atom is -0.496 e. The molecular weight excluding hydrogens is 323 g/mol. The van der Waals surface area contributed by atoms with Gasteiger partial charge >= 0.3 is 0 Å². The first-order chi connectivity index (χ1) is 12.1. The maximum Gasteiger partial charge on any atom is 0.257 e. The molecule has 0 radical (unpaired) electrons. The molecule has 5 nitrogen and oxygen atoms in total. The topological polar surface area (TPSA) is 60.3 Å². The van der Waals surface area contributed by atoms with Gasteiger partial charge in [0.15, 0.2) is 0 Å². The summed E-state index contributed by atoms with van der Waals surface area (Å²) in [7, 11) is 1.46. The van der Waals surface area contributed by atoms with Gasteiger partial charge in [-0.1, -0.05) is 18.6 Å². The van der Waals surface area contributed by atoms with Crippen molar-refractivity contribution >= 4 is 5.91 Å². The lowest BCUT2D eigenvalue weighted by Gasteiger charge is -2.17. The van der Waals surface area contributed by atoms with E-state index in [1.54, 1.807) is 16.7 Å². The van der Waals surface area contributed by atoms with Crippen molar-refractivity contribution in [2.24, 2.45) is 0 Å². The number of amides is 1. The van der Waals surface area contributed by atoms with Gasteiger partial charge < -0.3 is 14.6 Å². The van der Waals surface area contributed by atoms with E-state index in [0.717, 1.165) is 30.5 Å². The Bertz CT molecular complexity index is 828. The van der Waals surface area contributed by atoms with Crippen molar-refractivity contribution in [3.8, 4) is 5.75 Å². The van der Waals surface area contributed by atoms with Gasteiger partial charge in [0.25, 0.3) is 11.5 Å². The number of pyridine rings is 1. The second-order valence-electron chi connectivity index (χ2n) is 6.14. The van der Waals surface area contributed by atoms with Crippen LogP contribution in [0.5, 0.6) is 5.75 Å². The van der Waals surface area contributed by atoms with Crippen LogP contribution in [0.1, 0.15) is 40.9 Å². The zero-order valence-corrected chi connectivity index (χ0v) is 14.2. The molecule has 1 amide bonds. The summed E-state index contributed by atoms with van der Waals surface area (Å²) >= 11 is 0. The number of hydrogen-bond donors (Lipinski definition) is 1. The highest BCUT2D eigenvalue weighted by Gasteiger charge is 2.23. The third-order valence-electron chi connectivity index (χ3n) is 4.49. The Morgan fingerprint density at radius 2 is 2.00 bits per heavy atom. The van der Waals surface area contributed by atoms with E-state index in [4.69, 9.17) is 4.74 Å². The van der Waals surface area contributed by atoms with Crippen molar-refractivity contribution in [3.05, 3.63) is 63.3 Å². The second kappa shape index (κ2) is 7.51. The van der Waals surface area contributed by atoms with Gasteiger partial charge in [0.2, 0.25) is 0 Å². The maximum absolute atomic E-state index is 13.0. The summed E-state index contributed by atoms with van der Waals surface area (Å²) in [6.07, 6.45) is 3.56. The number of carbonyl (C=O) groups is 1. The Hall–Kier alpha value is -2.63. The van der Waals surface area contributed by atoms with E-state index in [0.29, 0.717) is 24.3 Å². The Kier molecular flexibility index (Phi) is 5.16. The van der Waals surface area contributed by atoms with E-state index in [-0.39, 0.29) is 23.8 Å². The lowest BCUT2D eigenvalue weighted by Crippen LogP contribution is -2.30. The maximum atomic E-state index is 13.0. The first kappa shape index (κ1) is 17.2. The minimum atomic E-state index is -0.315. The zero-order valence-electron chi connectivity index (χ0n) is 14.2.